The minimum Gasteiger partial charge on any atom is -0.292 e. The summed E-state index contributed by atoms with van der Waals surface area (Å²) in [5.74, 6) is -0.443. The van der Waals surface area contributed by atoms with E-state index in [1.165, 1.54) is 0 Å². The molecule has 0 fully saturated rings. The number of hydrogen-bond donors (Lipinski definition) is 0. The van der Waals surface area contributed by atoms with E-state index in [4.69, 9.17) is 9.78 Å². The first-order chi connectivity index (χ1) is 9.97. The fraction of sp³-hybridized carbons (Fsp3) is 0.278. The van der Waals surface area contributed by atoms with Crippen LogP contribution in [-0.2, 0) is 15.4 Å². The molecule has 3 nitrogen and oxygen atoms in total. The summed E-state index contributed by atoms with van der Waals surface area (Å²) >= 11 is 0. The van der Waals surface area contributed by atoms with E-state index in [-0.39, 0.29) is 5.41 Å². The lowest BCUT2D eigenvalue weighted by molar-refractivity contribution is -0.340. The fourth-order valence-electron chi connectivity index (χ4n) is 3.00. The highest BCUT2D eigenvalue weighted by Crippen LogP contribution is 2.51. The van der Waals surface area contributed by atoms with Gasteiger partial charge in [-0.2, -0.15) is 4.89 Å². The maximum absolute atomic E-state index is 12.0. The van der Waals surface area contributed by atoms with E-state index in [2.05, 4.69) is 20.8 Å². The fourth-order valence-corrected chi connectivity index (χ4v) is 3.00. The molecule has 0 amide bonds. The van der Waals surface area contributed by atoms with Gasteiger partial charge in [0.1, 0.15) is 0 Å². The van der Waals surface area contributed by atoms with E-state index < -0.39 is 11.6 Å². The van der Waals surface area contributed by atoms with Gasteiger partial charge in [-0.3, -0.25) is 4.89 Å². The lowest BCUT2D eigenvalue weighted by atomic mass is 9.67. The molecule has 21 heavy (non-hydrogen) atoms. The second-order valence-electron chi connectivity index (χ2n) is 6.30. The molecule has 0 saturated carbocycles. The molecular weight excluding hydrogens is 264 g/mol. The summed E-state index contributed by atoms with van der Waals surface area (Å²) < 4.78 is 0. The first-order valence-corrected chi connectivity index (χ1v) is 7.02. The van der Waals surface area contributed by atoms with Crippen molar-refractivity contribution < 1.29 is 14.6 Å². The largest absolute Gasteiger partial charge is 0.373 e. The lowest BCUT2D eigenvalue weighted by Crippen LogP contribution is -2.47. The van der Waals surface area contributed by atoms with E-state index >= 15 is 0 Å². The Hall–Kier alpha value is -2.13. The van der Waals surface area contributed by atoms with Gasteiger partial charge in [-0.1, -0.05) is 69.3 Å². The van der Waals surface area contributed by atoms with Gasteiger partial charge < -0.3 is 0 Å². The summed E-state index contributed by atoms with van der Waals surface area (Å²) in [6, 6.07) is 17.4. The van der Waals surface area contributed by atoms with Gasteiger partial charge in [0.15, 0.2) is 5.60 Å². The Bertz CT molecular complexity index is 670. The van der Waals surface area contributed by atoms with Crippen molar-refractivity contribution in [2.24, 2.45) is 5.41 Å². The molecular formula is C18H18O3. The standard InChI is InChI=1S/C18H18O3/c1-17(2,3)18(13-9-5-4-6-10-13)15-12-8-7-11-14(15)16(19)20-21-18/h4-12H,1-3H3. The predicted molar refractivity (Wildman–Crippen MR) is 79.6 cm³/mol. The number of hydrogen-bond acceptors (Lipinski definition) is 3. The van der Waals surface area contributed by atoms with E-state index in [1.807, 2.05) is 48.5 Å². The topological polar surface area (TPSA) is 35.5 Å². The van der Waals surface area contributed by atoms with Gasteiger partial charge in [-0.05, 0) is 11.6 Å². The van der Waals surface area contributed by atoms with Gasteiger partial charge in [-0.15, -0.1) is 0 Å². The summed E-state index contributed by atoms with van der Waals surface area (Å²) in [5, 5.41) is 0. The number of benzene rings is 2. The molecule has 2 aromatic rings. The van der Waals surface area contributed by atoms with Crippen LogP contribution in [0.25, 0.3) is 0 Å². The van der Waals surface area contributed by atoms with E-state index in [1.54, 1.807) is 6.07 Å². The van der Waals surface area contributed by atoms with Crippen molar-refractivity contribution >= 4 is 5.97 Å². The quantitative estimate of drug-likeness (QED) is 0.739. The third kappa shape index (κ3) is 1.96. The maximum atomic E-state index is 12.0. The van der Waals surface area contributed by atoms with Gasteiger partial charge >= 0.3 is 5.97 Å². The predicted octanol–water partition coefficient (Wildman–Crippen LogP) is 4.08. The van der Waals surface area contributed by atoms with Crippen LogP contribution in [0.5, 0.6) is 0 Å². The second kappa shape index (κ2) is 4.71. The van der Waals surface area contributed by atoms with Gasteiger partial charge in [0.05, 0.1) is 5.56 Å². The number of rotatable bonds is 1. The Morgan fingerprint density at radius 2 is 1.52 bits per heavy atom. The molecule has 0 saturated heterocycles. The van der Waals surface area contributed by atoms with Crippen molar-refractivity contribution in [3.8, 4) is 0 Å². The SMILES string of the molecule is CC(C)(C)C1(c2ccccc2)OOC(=O)c2ccccc21. The zero-order valence-corrected chi connectivity index (χ0v) is 12.4. The van der Waals surface area contributed by atoms with Gasteiger partial charge in [0.2, 0.25) is 0 Å². The molecule has 1 heterocycles. The van der Waals surface area contributed by atoms with Crippen LogP contribution in [0.15, 0.2) is 54.6 Å². The Morgan fingerprint density at radius 1 is 0.905 bits per heavy atom. The van der Waals surface area contributed by atoms with Crippen LogP contribution in [0.2, 0.25) is 0 Å². The van der Waals surface area contributed by atoms with Crippen LogP contribution < -0.4 is 0 Å². The molecule has 0 bridgehead atoms. The first-order valence-electron chi connectivity index (χ1n) is 7.02. The van der Waals surface area contributed by atoms with Crippen molar-refractivity contribution in [1.29, 1.82) is 0 Å². The van der Waals surface area contributed by atoms with Crippen molar-refractivity contribution in [3.05, 3.63) is 71.3 Å². The minimum absolute atomic E-state index is 0.300. The molecule has 108 valence electrons. The molecule has 1 atom stereocenters. The summed E-state index contributed by atoms with van der Waals surface area (Å²) in [6.07, 6.45) is 0. The number of carbonyl (C=O) groups excluding carboxylic acids is 1. The molecule has 0 spiro atoms. The molecule has 0 N–H and O–H groups in total. The zero-order chi connectivity index (χ0) is 15.1. The van der Waals surface area contributed by atoms with Crippen LogP contribution in [-0.4, -0.2) is 5.97 Å². The van der Waals surface area contributed by atoms with Crippen molar-refractivity contribution in [1.82, 2.24) is 0 Å². The number of fused-ring (bicyclic) bond motifs is 1. The van der Waals surface area contributed by atoms with E-state index in [0.29, 0.717) is 5.56 Å². The Balaban J connectivity index is 2.34. The maximum Gasteiger partial charge on any atom is 0.373 e. The van der Waals surface area contributed by atoms with Crippen LogP contribution in [0, 0.1) is 5.41 Å². The van der Waals surface area contributed by atoms with Crippen molar-refractivity contribution in [2.75, 3.05) is 0 Å². The summed E-state index contributed by atoms with van der Waals surface area (Å²) in [7, 11) is 0. The van der Waals surface area contributed by atoms with Crippen LogP contribution >= 0.6 is 0 Å². The third-order valence-corrected chi connectivity index (χ3v) is 4.01. The average Bonchev–Trinajstić information content (AvgIpc) is 2.48. The van der Waals surface area contributed by atoms with Gasteiger partial charge in [0, 0.05) is 11.0 Å². The lowest BCUT2D eigenvalue weighted by Gasteiger charge is -2.45. The highest BCUT2D eigenvalue weighted by atomic mass is 17.2. The Labute approximate surface area is 124 Å². The summed E-state index contributed by atoms with van der Waals surface area (Å²) in [6.45, 7) is 6.24. The average molecular weight is 282 g/mol. The Kier molecular flexibility index (Phi) is 3.10. The minimum atomic E-state index is -0.821. The smallest absolute Gasteiger partial charge is 0.292 e. The molecule has 1 unspecified atom stereocenters. The molecule has 3 rings (SSSR count). The first kappa shape index (κ1) is 13.8. The van der Waals surface area contributed by atoms with Crippen molar-refractivity contribution in [2.45, 2.75) is 26.4 Å². The third-order valence-electron chi connectivity index (χ3n) is 4.01. The molecule has 1 aliphatic heterocycles. The molecule has 0 radical (unpaired) electrons. The number of carbonyl (C=O) groups is 1. The summed E-state index contributed by atoms with van der Waals surface area (Å²) in [4.78, 5) is 22.8. The van der Waals surface area contributed by atoms with Gasteiger partial charge in [-0.25, -0.2) is 4.79 Å². The highest BCUT2D eigenvalue weighted by Gasteiger charge is 2.52. The van der Waals surface area contributed by atoms with Crippen LogP contribution in [0.4, 0.5) is 0 Å². The monoisotopic (exact) mass is 282 g/mol. The van der Waals surface area contributed by atoms with E-state index in [9.17, 15) is 4.79 Å². The van der Waals surface area contributed by atoms with Gasteiger partial charge in [0.25, 0.3) is 0 Å². The zero-order valence-electron chi connectivity index (χ0n) is 12.4. The summed E-state index contributed by atoms with van der Waals surface area (Å²) in [5.41, 5.74) is 1.25. The molecule has 1 aliphatic rings. The highest BCUT2D eigenvalue weighted by molar-refractivity contribution is 5.92. The van der Waals surface area contributed by atoms with Crippen molar-refractivity contribution in [3.63, 3.8) is 0 Å². The molecule has 0 aromatic heterocycles. The molecule has 2 aromatic carbocycles. The normalized spacial score (nSPS) is 21.6. The van der Waals surface area contributed by atoms with Crippen LogP contribution in [0.1, 0.15) is 42.3 Å². The van der Waals surface area contributed by atoms with E-state index in [0.717, 1.165) is 11.1 Å². The molecule has 3 heteroatoms. The second-order valence-corrected chi connectivity index (χ2v) is 6.30. The van der Waals surface area contributed by atoms with Crippen LogP contribution in [0.3, 0.4) is 0 Å². The molecule has 0 aliphatic carbocycles. The Morgan fingerprint density at radius 3 is 2.19 bits per heavy atom.